The smallest absolute Gasteiger partial charge is 0.408 e. The second-order valence-corrected chi connectivity index (χ2v) is 6.49. The van der Waals surface area contributed by atoms with Crippen molar-refractivity contribution in [1.29, 1.82) is 0 Å². The topological polar surface area (TPSA) is 92.7 Å². The Morgan fingerprint density at radius 1 is 1.26 bits per heavy atom. The number of carbonyl (C=O) groups excluding carboxylic acids is 2. The molecule has 0 heterocycles. The summed E-state index contributed by atoms with van der Waals surface area (Å²) in [5.41, 5.74) is -1.85. The lowest BCUT2D eigenvalue weighted by molar-refractivity contribution is -0.148. The molecule has 2 atom stereocenters. The van der Waals surface area contributed by atoms with Gasteiger partial charge in [-0.1, -0.05) is 37.3 Å². The summed E-state index contributed by atoms with van der Waals surface area (Å²) in [4.78, 5) is 35.2. The zero-order valence-electron chi connectivity index (χ0n) is 13.8. The van der Waals surface area contributed by atoms with E-state index in [0.29, 0.717) is 11.8 Å². The summed E-state index contributed by atoms with van der Waals surface area (Å²) < 4.78 is 5.15. The van der Waals surface area contributed by atoms with Gasteiger partial charge in [0.25, 0.3) is 0 Å². The summed E-state index contributed by atoms with van der Waals surface area (Å²) >= 11 is 0. The molecule has 0 spiro atoms. The van der Waals surface area contributed by atoms with Crippen molar-refractivity contribution in [2.45, 2.75) is 45.3 Å². The monoisotopic (exact) mass is 321 g/mol. The number of ether oxygens (including phenoxy) is 1. The number of hydrogen-bond acceptors (Lipinski definition) is 4. The van der Waals surface area contributed by atoms with Crippen LogP contribution in [-0.2, 0) is 20.7 Å². The van der Waals surface area contributed by atoms with E-state index in [4.69, 9.17) is 4.74 Å². The third-order valence-corrected chi connectivity index (χ3v) is 3.41. The van der Waals surface area contributed by atoms with Crippen LogP contribution in [0.5, 0.6) is 0 Å². The molecule has 0 radical (unpaired) electrons. The lowest BCUT2D eigenvalue weighted by Gasteiger charge is -2.34. The minimum atomic E-state index is -1.77. The summed E-state index contributed by atoms with van der Waals surface area (Å²) in [7, 11) is 0. The van der Waals surface area contributed by atoms with Crippen LogP contribution in [0, 0.1) is 5.92 Å². The van der Waals surface area contributed by atoms with Crippen molar-refractivity contribution in [3.8, 4) is 0 Å². The van der Waals surface area contributed by atoms with Gasteiger partial charge in [-0.3, -0.25) is 0 Å². The highest BCUT2D eigenvalue weighted by Gasteiger charge is 2.46. The molecule has 0 aliphatic carbocycles. The van der Waals surface area contributed by atoms with E-state index in [0.717, 1.165) is 0 Å². The molecular weight excluding hydrogens is 298 g/mol. The minimum Gasteiger partial charge on any atom is -0.479 e. The zero-order valence-corrected chi connectivity index (χ0v) is 13.8. The van der Waals surface area contributed by atoms with Crippen molar-refractivity contribution < 1.29 is 24.2 Å². The molecule has 2 N–H and O–H groups in total. The molecular formula is C17H23NO5. The standard InChI is InChI=1S/C17H23NO5/c1-12(11-19)17(14(20)21,10-13-8-6-5-7-9-13)18-15(22)23-16(2,3)4/h5-9,11-12H,10H2,1-4H3,(H,18,22)(H,20,21)/t12?,17-/m1/s1. The van der Waals surface area contributed by atoms with Gasteiger partial charge >= 0.3 is 12.1 Å². The molecule has 6 heteroatoms. The molecule has 1 rings (SSSR count). The molecule has 0 fully saturated rings. The van der Waals surface area contributed by atoms with Crippen LogP contribution in [0.25, 0.3) is 0 Å². The van der Waals surface area contributed by atoms with Crippen LogP contribution in [0.3, 0.4) is 0 Å². The fourth-order valence-corrected chi connectivity index (χ4v) is 2.16. The number of carboxylic acid groups (broad SMARTS) is 1. The second kappa shape index (κ2) is 7.26. The summed E-state index contributed by atoms with van der Waals surface area (Å²) in [5.74, 6) is -2.22. The predicted molar refractivity (Wildman–Crippen MR) is 85.1 cm³/mol. The Morgan fingerprint density at radius 2 is 1.83 bits per heavy atom. The maximum absolute atomic E-state index is 12.1. The Balaban J connectivity index is 3.16. The zero-order chi connectivity index (χ0) is 17.7. The van der Waals surface area contributed by atoms with Crippen LogP contribution in [0.1, 0.15) is 33.3 Å². The fourth-order valence-electron chi connectivity index (χ4n) is 2.16. The summed E-state index contributed by atoms with van der Waals surface area (Å²) in [6, 6.07) is 8.82. The predicted octanol–water partition coefficient (Wildman–Crippen LogP) is 2.41. The summed E-state index contributed by atoms with van der Waals surface area (Å²) in [6.07, 6.45) is -0.374. The molecule has 0 saturated carbocycles. The number of alkyl carbamates (subject to hydrolysis) is 1. The number of aldehydes is 1. The second-order valence-electron chi connectivity index (χ2n) is 6.49. The number of aliphatic carboxylic acids is 1. The molecule has 1 unspecified atom stereocenters. The molecule has 0 aromatic heterocycles. The first kappa shape index (κ1) is 18.7. The van der Waals surface area contributed by atoms with Crippen LogP contribution in [0.15, 0.2) is 30.3 Å². The van der Waals surface area contributed by atoms with Gasteiger partial charge in [-0.15, -0.1) is 0 Å². The van der Waals surface area contributed by atoms with Crippen LogP contribution in [0.2, 0.25) is 0 Å². The average molecular weight is 321 g/mol. The van der Waals surface area contributed by atoms with E-state index >= 15 is 0 Å². The van der Waals surface area contributed by atoms with Crippen LogP contribution < -0.4 is 5.32 Å². The van der Waals surface area contributed by atoms with Crippen LogP contribution in [0.4, 0.5) is 4.79 Å². The first-order valence-corrected chi connectivity index (χ1v) is 7.34. The van der Waals surface area contributed by atoms with Gasteiger partial charge in [0.05, 0.1) is 0 Å². The highest BCUT2D eigenvalue weighted by Crippen LogP contribution is 2.23. The van der Waals surface area contributed by atoms with E-state index in [1.165, 1.54) is 6.92 Å². The van der Waals surface area contributed by atoms with E-state index in [1.807, 2.05) is 0 Å². The van der Waals surface area contributed by atoms with Crippen LogP contribution in [-0.4, -0.2) is 34.6 Å². The third-order valence-electron chi connectivity index (χ3n) is 3.41. The van der Waals surface area contributed by atoms with Gasteiger partial charge in [0.2, 0.25) is 0 Å². The number of carbonyl (C=O) groups is 3. The van der Waals surface area contributed by atoms with Gasteiger partial charge < -0.3 is 20.0 Å². The highest BCUT2D eigenvalue weighted by molar-refractivity contribution is 5.88. The quantitative estimate of drug-likeness (QED) is 0.785. The van der Waals surface area contributed by atoms with Gasteiger partial charge in [-0.05, 0) is 26.3 Å². The molecule has 23 heavy (non-hydrogen) atoms. The van der Waals surface area contributed by atoms with E-state index in [1.54, 1.807) is 51.1 Å². The first-order chi connectivity index (χ1) is 10.6. The molecule has 0 aliphatic rings. The maximum Gasteiger partial charge on any atom is 0.408 e. The normalized spacial score (nSPS) is 15.1. The van der Waals surface area contributed by atoms with Crippen molar-refractivity contribution in [1.82, 2.24) is 5.32 Å². The van der Waals surface area contributed by atoms with Gasteiger partial charge in [-0.25, -0.2) is 9.59 Å². The summed E-state index contributed by atoms with van der Waals surface area (Å²) in [6.45, 7) is 6.49. The van der Waals surface area contributed by atoms with Crippen molar-refractivity contribution in [2.75, 3.05) is 0 Å². The number of carboxylic acids is 1. The van der Waals surface area contributed by atoms with Gasteiger partial charge in [0, 0.05) is 12.3 Å². The van der Waals surface area contributed by atoms with Crippen molar-refractivity contribution >= 4 is 18.3 Å². The molecule has 0 saturated heterocycles. The molecule has 6 nitrogen and oxygen atoms in total. The third kappa shape index (κ3) is 5.09. The number of benzene rings is 1. The van der Waals surface area contributed by atoms with E-state index in [9.17, 15) is 19.5 Å². The van der Waals surface area contributed by atoms with Crippen molar-refractivity contribution in [3.63, 3.8) is 0 Å². The largest absolute Gasteiger partial charge is 0.479 e. The lowest BCUT2D eigenvalue weighted by atomic mass is 9.80. The summed E-state index contributed by atoms with van der Waals surface area (Å²) in [5, 5.41) is 12.1. The fraction of sp³-hybridized carbons (Fsp3) is 0.471. The molecule has 126 valence electrons. The molecule has 1 aromatic rings. The van der Waals surface area contributed by atoms with Crippen molar-refractivity contribution in [2.24, 2.45) is 5.92 Å². The number of hydrogen-bond donors (Lipinski definition) is 2. The van der Waals surface area contributed by atoms with E-state index in [2.05, 4.69) is 5.32 Å². The Kier molecular flexibility index (Phi) is 5.90. The Labute approximate surface area is 135 Å². The SMILES string of the molecule is CC(C=O)[C@@](Cc1ccccc1)(NC(=O)OC(C)(C)C)C(=O)O. The molecule has 0 aliphatic heterocycles. The number of amides is 1. The Morgan fingerprint density at radius 3 is 2.26 bits per heavy atom. The first-order valence-electron chi connectivity index (χ1n) is 7.34. The maximum atomic E-state index is 12.1. The van der Waals surface area contributed by atoms with Crippen molar-refractivity contribution in [3.05, 3.63) is 35.9 Å². The Bertz CT molecular complexity index is 564. The number of nitrogens with one attached hydrogen (secondary N) is 1. The molecule has 1 aromatic carbocycles. The highest BCUT2D eigenvalue weighted by atomic mass is 16.6. The van der Waals surface area contributed by atoms with Crippen LogP contribution >= 0.6 is 0 Å². The van der Waals surface area contributed by atoms with E-state index in [-0.39, 0.29) is 6.42 Å². The van der Waals surface area contributed by atoms with Gasteiger partial charge in [0.1, 0.15) is 11.9 Å². The number of rotatable bonds is 6. The lowest BCUT2D eigenvalue weighted by Crippen LogP contribution is -2.61. The molecule has 1 amide bonds. The molecule has 0 bridgehead atoms. The minimum absolute atomic E-state index is 0.0255. The van der Waals surface area contributed by atoms with Gasteiger partial charge in [-0.2, -0.15) is 0 Å². The Hall–Kier alpha value is -2.37. The average Bonchev–Trinajstić information content (AvgIpc) is 2.44. The van der Waals surface area contributed by atoms with Gasteiger partial charge in [0.15, 0.2) is 5.54 Å². The van der Waals surface area contributed by atoms with E-state index < -0.39 is 29.1 Å².